The number of carbonyl (C=O) groups excluding carboxylic acids is 1. The van der Waals surface area contributed by atoms with Crippen LogP contribution in [0.25, 0.3) is 0 Å². The van der Waals surface area contributed by atoms with E-state index in [2.05, 4.69) is 26.6 Å². The summed E-state index contributed by atoms with van der Waals surface area (Å²) in [6.07, 6.45) is 1.23. The Hall–Kier alpha value is -1.52. The van der Waals surface area contributed by atoms with E-state index in [1.807, 2.05) is 48.5 Å². The maximum atomic E-state index is 11.8. The van der Waals surface area contributed by atoms with Crippen molar-refractivity contribution >= 4 is 39.1 Å². The average molecular weight is 382 g/mol. The van der Waals surface area contributed by atoms with Gasteiger partial charge in [-0.1, -0.05) is 45.7 Å². The number of rotatable bonds is 7. The smallest absolute Gasteiger partial charge is 0.221 e. The largest absolute Gasteiger partial charge is 0.384 e. The second kappa shape index (κ2) is 8.81. The van der Waals surface area contributed by atoms with Crippen molar-refractivity contribution < 1.29 is 4.79 Å². The fourth-order valence-corrected chi connectivity index (χ4v) is 2.66. The lowest BCUT2D eigenvalue weighted by atomic mass is 10.1. The van der Waals surface area contributed by atoms with Crippen LogP contribution >= 0.6 is 27.5 Å². The molecule has 0 radical (unpaired) electrons. The first-order valence-corrected chi connectivity index (χ1v) is 8.31. The van der Waals surface area contributed by atoms with E-state index in [0.29, 0.717) is 19.5 Å². The molecule has 116 valence electrons. The first kappa shape index (κ1) is 16.8. The van der Waals surface area contributed by atoms with Crippen LogP contribution in [-0.4, -0.2) is 19.0 Å². The minimum atomic E-state index is 0.0459. The number of hydrogen-bond donors (Lipinski definition) is 2. The molecule has 0 bridgehead atoms. The fraction of sp³-hybridized carbons (Fsp3) is 0.235. The maximum Gasteiger partial charge on any atom is 0.221 e. The summed E-state index contributed by atoms with van der Waals surface area (Å²) < 4.78 is 1.02. The Morgan fingerprint density at radius 3 is 2.68 bits per heavy atom. The predicted molar refractivity (Wildman–Crippen MR) is 95.4 cm³/mol. The van der Waals surface area contributed by atoms with Gasteiger partial charge in [-0.15, -0.1) is 0 Å². The summed E-state index contributed by atoms with van der Waals surface area (Å²) in [5.41, 5.74) is 2.13. The Labute approximate surface area is 144 Å². The number of amides is 1. The lowest BCUT2D eigenvalue weighted by Crippen LogP contribution is -2.27. The first-order chi connectivity index (χ1) is 10.6. The topological polar surface area (TPSA) is 41.1 Å². The first-order valence-electron chi connectivity index (χ1n) is 7.14. The van der Waals surface area contributed by atoms with Crippen LogP contribution in [0.1, 0.15) is 12.0 Å². The van der Waals surface area contributed by atoms with Crippen LogP contribution in [0.4, 0.5) is 5.69 Å². The quantitative estimate of drug-likeness (QED) is 0.752. The highest BCUT2D eigenvalue weighted by molar-refractivity contribution is 9.10. The Kier molecular flexibility index (Phi) is 6.74. The molecule has 2 aromatic rings. The summed E-state index contributed by atoms with van der Waals surface area (Å²) in [6.45, 7) is 1.23. The molecule has 3 nitrogen and oxygen atoms in total. The van der Waals surface area contributed by atoms with Gasteiger partial charge in [0.05, 0.1) is 0 Å². The summed E-state index contributed by atoms with van der Waals surface area (Å²) in [6, 6.07) is 15.6. The zero-order valence-electron chi connectivity index (χ0n) is 12.1. The van der Waals surface area contributed by atoms with Crippen molar-refractivity contribution in [1.29, 1.82) is 0 Å². The van der Waals surface area contributed by atoms with Crippen molar-refractivity contribution in [2.24, 2.45) is 0 Å². The predicted octanol–water partition coefficient (Wildman–Crippen LogP) is 4.26. The number of hydrogen-bond acceptors (Lipinski definition) is 2. The summed E-state index contributed by atoms with van der Waals surface area (Å²) in [5, 5.41) is 6.86. The molecule has 0 heterocycles. The van der Waals surface area contributed by atoms with E-state index in [1.54, 1.807) is 0 Å². The van der Waals surface area contributed by atoms with Crippen molar-refractivity contribution in [2.45, 2.75) is 12.8 Å². The second-order valence-electron chi connectivity index (χ2n) is 4.92. The lowest BCUT2D eigenvalue weighted by molar-refractivity contribution is -0.120. The molecule has 22 heavy (non-hydrogen) atoms. The van der Waals surface area contributed by atoms with Crippen LogP contribution < -0.4 is 10.6 Å². The van der Waals surface area contributed by atoms with Gasteiger partial charge in [0.25, 0.3) is 0 Å². The van der Waals surface area contributed by atoms with Crippen molar-refractivity contribution in [3.8, 4) is 0 Å². The number of halogens is 2. The molecule has 2 rings (SSSR count). The Balaban J connectivity index is 1.64. The zero-order chi connectivity index (χ0) is 15.8. The monoisotopic (exact) mass is 380 g/mol. The Morgan fingerprint density at radius 1 is 1.09 bits per heavy atom. The molecule has 0 aliphatic rings. The zero-order valence-corrected chi connectivity index (χ0v) is 14.5. The molecule has 0 saturated heterocycles. The maximum absolute atomic E-state index is 11.8. The molecular weight excluding hydrogens is 364 g/mol. The third kappa shape index (κ3) is 6.08. The molecular formula is C17H18BrClN2O. The van der Waals surface area contributed by atoms with Crippen LogP contribution in [0.3, 0.4) is 0 Å². The Morgan fingerprint density at radius 2 is 1.91 bits per heavy atom. The van der Waals surface area contributed by atoms with Gasteiger partial charge in [0.1, 0.15) is 0 Å². The van der Waals surface area contributed by atoms with E-state index in [4.69, 9.17) is 11.6 Å². The molecule has 5 heteroatoms. The van der Waals surface area contributed by atoms with E-state index in [1.165, 1.54) is 0 Å². The highest BCUT2D eigenvalue weighted by Gasteiger charge is 2.01. The molecule has 0 atom stereocenters. The minimum Gasteiger partial charge on any atom is -0.384 e. The summed E-state index contributed by atoms with van der Waals surface area (Å²) >= 11 is 9.34. The van der Waals surface area contributed by atoms with Crippen LogP contribution in [0.2, 0.25) is 5.02 Å². The van der Waals surface area contributed by atoms with Crippen molar-refractivity contribution in [3.05, 3.63) is 63.6 Å². The van der Waals surface area contributed by atoms with E-state index in [-0.39, 0.29) is 5.91 Å². The highest BCUT2D eigenvalue weighted by Crippen LogP contribution is 2.15. The molecule has 1 amide bonds. The number of benzene rings is 2. The summed E-state index contributed by atoms with van der Waals surface area (Å²) in [5.74, 6) is 0.0459. The van der Waals surface area contributed by atoms with Crippen molar-refractivity contribution in [2.75, 3.05) is 18.4 Å². The van der Waals surface area contributed by atoms with Gasteiger partial charge in [-0.3, -0.25) is 4.79 Å². The van der Waals surface area contributed by atoms with E-state index in [0.717, 1.165) is 27.2 Å². The van der Waals surface area contributed by atoms with Gasteiger partial charge in [0, 0.05) is 34.7 Å². The normalized spacial score (nSPS) is 10.3. The van der Waals surface area contributed by atoms with Gasteiger partial charge >= 0.3 is 0 Å². The molecule has 2 aromatic carbocycles. The number of nitrogens with one attached hydrogen (secondary N) is 2. The molecule has 0 aliphatic heterocycles. The minimum absolute atomic E-state index is 0.0459. The SMILES string of the molecule is O=C(CCNc1cccc(Br)c1)NCCc1cccc(Cl)c1. The third-order valence-corrected chi connectivity index (χ3v) is 3.86. The molecule has 0 fully saturated rings. The van der Waals surface area contributed by atoms with Crippen LogP contribution in [0.15, 0.2) is 53.0 Å². The molecule has 0 saturated carbocycles. The average Bonchev–Trinajstić information content (AvgIpc) is 2.47. The van der Waals surface area contributed by atoms with Crippen molar-refractivity contribution in [3.63, 3.8) is 0 Å². The van der Waals surface area contributed by atoms with E-state index < -0.39 is 0 Å². The van der Waals surface area contributed by atoms with E-state index in [9.17, 15) is 4.79 Å². The lowest BCUT2D eigenvalue weighted by Gasteiger charge is -2.08. The van der Waals surface area contributed by atoms with Gasteiger partial charge in [0.2, 0.25) is 5.91 Å². The highest BCUT2D eigenvalue weighted by atomic mass is 79.9. The molecule has 0 aliphatic carbocycles. The van der Waals surface area contributed by atoms with Gasteiger partial charge in [0.15, 0.2) is 0 Å². The van der Waals surface area contributed by atoms with Gasteiger partial charge in [-0.25, -0.2) is 0 Å². The second-order valence-corrected chi connectivity index (χ2v) is 6.27. The van der Waals surface area contributed by atoms with Crippen LogP contribution in [-0.2, 0) is 11.2 Å². The summed E-state index contributed by atoms with van der Waals surface area (Å²) in [7, 11) is 0. The fourth-order valence-electron chi connectivity index (χ4n) is 2.05. The van der Waals surface area contributed by atoms with E-state index >= 15 is 0 Å². The number of carbonyl (C=O) groups is 1. The van der Waals surface area contributed by atoms with Crippen molar-refractivity contribution in [1.82, 2.24) is 5.32 Å². The molecule has 0 unspecified atom stereocenters. The van der Waals surface area contributed by atoms with Gasteiger partial charge in [-0.2, -0.15) is 0 Å². The van der Waals surface area contributed by atoms with Gasteiger partial charge in [-0.05, 0) is 42.3 Å². The molecule has 0 spiro atoms. The standard InChI is InChI=1S/C17H18BrClN2O/c18-14-4-2-6-16(12-14)20-10-8-17(22)21-9-7-13-3-1-5-15(19)11-13/h1-6,11-12,20H,7-10H2,(H,21,22). The van der Waals surface area contributed by atoms with Gasteiger partial charge < -0.3 is 10.6 Å². The molecule has 2 N–H and O–H groups in total. The summed E-state index contributed by atoms with van der Waals surface area (Å²) in [4.78, 5) is 11.8. The van der Waals surface area contributed by atoms with Crippen LogP contribution in [0, 0.1) is 0 Å². The van der Waals surface area contributed by atoms with Crippen LogP contribution in [0.5, 0.6) is 0 Å². The number of anilines is 1. The third-order valence-electron chi connectivity index (χ3n) is 3.13. The molecule has 0 aromatic heterocycles. The Bertz CT molecular complexity index is 580.